The fourth-order valence-corrected chi connectivity index (χ4v) is 0.426. The molecule has 2 unspecified atom stereocenters. The number of carbonyl (C=O) groups excluding carboxylic acids is 1. The summed E-state index contributed by atoms with van der Waals surface area (Å²) < 4.78 is 0. The number of carboxylic acid groups (broad SMARTS) is 1. The van der Waals surface area contributed by atoms with Crippen LogP contribution in [0.2, 0.25) is 0 Å². The highest BCUT2D eigenvalue weighted by Crippen LogP contribution is 1.92. The number of aliphatic hydroxyl groups excluding tert-OH is 2. The van der Waals surface area contributed by atoms with Crippen LogP contribution in [-0.2, 0) is 9.59 Å². The van der Waals surface area contributed by atoms with E-state index in [0.717, 1.165) is 0 Å². The zero-order valence-electron chi connectivity index (χ0n) is 5.81. The third kappa shape index (κ3) is 2.52. The first-order chi connectivity index (χ1) is 5.00. The molecule has 4 N–H and O–H groups in total. The van der Waals surface area contributed by atoms with Crippen LogP contribution < -0.4 is 5.32 Å². The van der Waals surface area contributed by atoms with Crippen molar-refractivity contribution in [3.05, 3.63) is 0 Å². The van der Waals surface area contributed by atoms with Gasteiger partial charge in [-0.05, 0) is 0 Å². The first-order valence-electron chi connectivity index (χ1n) is 2.81. The van der Waals surface area contributed by atoms with Crippen LogP contribution in [0.1, 0.15) is 0 Å². The summed E-state index contributed by atoms with van der Waals surface area (Å²) in [5, 5.41) is 27.4. The van der Waals surface area contributed by atoms with E-state index in [2.05, 4.69) is 0 Å². The van der Waals surface area contributed by atoms with E-state index in [1.54, 1.807) is 0 Å². The van der Waals surface area contributed by atoms with Gasteiger partial charge in [-0.15, -0.1) is 0 Å². The van der Waals surface area contributed by atoms with E-state index < -0.39 is 24.1 Å². The second kappa shape index (κ2) is 3.89. The van der Waals surface area contributed by atoms with E-state index in [1.807, 2.05) is 5.32 Å². The van der Waals surface area contributed by atoms with Gasteiger partial charge in [0.05, 0.1) is 0 Å². The van der Waals surface area contributed by atoms with Gasteiger partial charge in [-0.25, -0.2) is 4.79 Å². The van der Waals surface area contributed by atoms with Crippen LogP contribution in [-0.4, -0.2) is 46.5 Å². The number of likely N-dealkylation sites (N-methyl/N-ethyl adjacent to an activating group) is 1. The number of hydrogen-bond acceptors (Lipinski definition) is 4. The van der Waals surface area contributed by atoms with Crippen molar-refractivity contribution in [2.75, 3.05) is 7.05 Å². The van der Waals surface area contributed by atoms with Crippen molar-refractivity contribution in [2.45, 2.75) is 12.2 Å². The predicted octanol–water partition coefficient (Wildman–Crippen LogP) is -2.46. The normalized spacial score (nSPS) is 15.2. The van der Waals surface area contributed by atoms with Crippen LogP contribution in [0.3, 0.4) is 0 Å². The van der Waals surface area contributed by atoms with Crippen LogP contribution in [0.25, 0.3) is 0 Å². The third-order valence-electron chi connectivity index (χ3n) is 1.07. The Kier molecular flexibility index (Phi) is 3.49. The summed E-state index contributed by atoms with van der Waals surface area (Å²) in [7, 11) is 1.22. The minimum Gasteiger partial charge on any atom is -0.479 e. The Hall–Kier alpha value is -1.14. The summed E-state index contributed by atoms with van der Waals surface area (Å²) in [6, 6.07) is 0. The van der Waals surface area contributed by atoms with Gasteiger partial charge in [-0.2, -0.15) is 0 Å². The molecule has 0 aliphatic carbocycles. The Morgan fingerprint density at radius 2 is 1.73 bits per heavy atom. The van der Waals surface area contributed by atoms with Crippen LogP contribution in [0.15, 0.2) is 0 Å². The number of rotatable bonds is 3. The largest absolute Gasteiger partial charge is 0.479 e. The van der Waals surface area contributed by atoms with Crippen molar-refractivity contribution in [3.8, 4) is 0 Å². The Morgan fingerprint density at radius 3 is 2.00 bits per heavy atom. The van der Waals surface area contributed by atoms with Crippen LogP contribution in [0.5, 0.6) is 0 Å². The van der Waals surface area contributed by atoms with Crippen molar-refractivity contribution in [1.29, 1.82) is 0 Å². The van der Waals surface area contributed by atoms with Crippen LogP contribution in [0.4, 0.5) is 0 Å². The molecule has 0 aliphatic rings. The van der Waals surface area contributed by atoms with E-state index in [-0.39, 0.29) is 0 Å². The molecule has 0 spiro atoms. The van der Waals surface area contributed by atoms with Gasteiger partial charge in [-0.1, -0.05) is 0 Å². The summed E-state index contributed by atoms with van der Waals surface area (Å²) in [6.45, 7) is 0. The highest BCUT2D eigenvalue weighted by Gasteiger charge is 2.28. The topological polar surface area (TPSA) is 107 Å². The molecule has 0 aromatic carbocycles. The molecule has 1 amide bonds. The van der Waals surface area contributed by atoms with Crippen LogP contribution in [0, 0.1) is 0 Å². The van der Waals surface area contributed by atoms with Gasteiger partial charge in [0.15, 0.2) is 12.2 Å². The molecule has 0 rings (SSSR count). The maximum absolute atomic E-state index is 10.5. The first kappa shape index (κ1) is 9.86. The standard InChI is InChI=1S/C5H9NO5/c1-6-4(9)2(7)3(8)5(10)11/h2-3,7-8H,1H3,(H,6,9)(H,10,11). The highest BCUT2D eigenvalue weighted by molar-refractivity contribution is 5.87. The zero-order valence-corrected chi connectivity index (χ0v) is 5.81. The van der Waals surface area contributed by atoms with Gasteiger partial charge in [0.1, 0.15) is 0 Å². The summed E-state index contributed by atoms with van der Waals surface area (Å²) >= 11 is 0. The van der Waals surface area contributed by atoms with Gasteiger partial charge in [0.25, 0.3) is 5.91 Å². The molecule has 6 nitrogen and oxygen atoms in total. The molecule has 0 aromatic heterocycles. The maximum atomic E-state index is 10.5. The molecule has 0 fully saturated rings. The zero-order chi connectivity index (χ0) is 9.02. The maximum Gasteiger partial charge on any atom is 0.335 e. The Bertz CT molecular complexity index is 168. The summed E-state index contributed by atoms with van der Waals surface area (Å²) in [4.78, 5) is 20.4. The molecule has 64 valence electrons. The summed E-state index contributed by atoms with van der Waals surface area (Å²) in [6.07, 6.45) is -3.99. The second-order valence-electron chi connectivity index (χ2n) is 1.84. The lowest BCUT2D eigenvalue weighted by molar-refractivity contribution is -0.158. The third-order valence-corrected chi connectivity index (χ3v) is 1.07. The van der Waals surface area contributed by atoms with Crippen molar-refractivity contribution >= 4 is 11.9 Å². The number of aliphatic hydroxyl groups is 2. The molecule has 0 aliphatic heterocycles. The smallest absolute Gasteiger partial charge is 0.335 e. The highest BCUT2D eigenvalue weighted by atomic mass is 16.4. The lowest BCUT2D eigenvalue weighted by Gasteiger charge is -2.11. The average Bonchev–Trinajstić information content (AvgIpc) is 2.00. The summed E-state index contributed by atoms with van der Waals surface area (Å²) in [5.74, 6) is -2.57. The Morgan fingerprint density at radius 1 is 1.27 bits per heavy atom. The van der Waals surface area contributed by atoms with Gasteiger partial charge in [0.2, 0.25) is 0 Å². The van der Waals surface area contributed by atoms with Crippen molar-refractivity contribution in [2.24, 2.45) is 0 Å². The predicted molar refractivity (Wildman–Crippen MR) is 33.7 cm³/mol. The number of carboxylic acids is 1. The Labute approximate surface area is 62.5 Å². The van der Waals surface area contributed by atoms with E-state index in [0.29, 0.717) is 0 Å². The van der Waals surface area contributed by atoms with E-state index in [4.69, 9.17) is 15.3 Å². The minimum atomic E-state index is -2.07. The number of hydrogen-bond donors (Lipinski definition) is 4. The van der Waals surface area contributed by atoms with E-state index in [1.165, 1.54) is 7.05 Å². The van der Waals surface area contributed by atoms with Crippen molar-refractivity contribution in [3.63, 3.8) is 0 Å². The quantitative estimate of drug-likeness (QED) is 0.369. The van der Waals surface area contributed by atoms with Crippen molar-refractivity contribution < 1.29 is 24.9 Å². The molecule has 0 aromatic rings. The second-order valence-corrected chi connectivity index (χ2v) is 1.84. The van der Waals surface area contributed by atoms with Gasteiger partial charge >= 0.3 is 5.97 Å². The number of carbonyl (C=O) groups is 2. The molecular weight excluding hydrogens is 154 g/mol. The molecule has 0 heterocycles. The lowest BCUT2D eigenvalue weighted by atomic mass is 10.2. The molecule has 0 saturated carbocycles. The molecule has 0 radical (unpaired) electrons. The Balaban J connectivity index is 4.12. The van der Waals surface area contributed by atoms with Crippen molar-refractivity contribution in [1.82, 2.24) is 5.32 Å². The molecule has 2 atom stereocenters. The number of amides is 1. The lowest BCUT2D eigenvalue weighted by Crippen LogP contribution is -2.44. The molecule has 6 heteroatoms. The molecule has 0 bridgehead atoms. The number of aliphatic carboxylic acids is 1. The molecular formula is C5H9NO5. The molecule has 0 saturated heterocycles. The average molecular weight is 163 g/mol. The SMILES string of the molecule is CNC(=O)C(O)C(O)C(=O)O. The summed E-state index contributed by atoms with van der Waals surface area (Å²) in [5.41, 5.74) is 0. The van der Waals surface area contributed by atoms with E-state index >= 15 is 0 Å². The fourth-order valence-electron chi connectivity index (χ4n) is 0.426. The van der Waals surface area contributed by atoms with Gasteiger partial charge in [-0.3, -0.25) is 4.79 Å². The van der Waals surface area contributed by atoms with E-state index in [9.17, 15) is 9.59 Å². The minimum absolute atomic E-state index is 0.931. The monoisotopic (exact) mass is 163 g/mol. The van der Waals surface area contributed by atoms with Crippen LogP contribution >= 0.6 is 0 Å². The van der Waals surface area contributed by atoms with Gasteiger partial charge in [0, 0.05) is 7.05 Å². The number of nitrogens with one attached hydrogen (secondary N) is 1. The molecule has 11 heavy (non-hydrogen) atoms. The first-order valence-corrected chi connectivity index (χ1v) is 2.81. The van der Waals surface area contributed by atoms with Gasteiger partial charge < -0.3 is 20.6 Å². The fraction of sp³-hybridized carbons (Fsp3) is 0.600.